The molecule has 0 radical (unpaired) electrons. The highest BCUT2D eigenvalue weighted by molar-refractivity contribution is 7.95. The first-order valence-electron chi connectivity index (χ1n) is 5.58. The number of rotatable bonds is 3. The van der Waals surface area contributed by atoms with E-state index in [2.05, 4.69) is 17.5 Å². The second-order valence-corrected chi connectivity index (χ2v) is 6.89. The third kappa shape index (κ3) is 1.98. The van der Waals surface area contributed by atoms with E-state index in [1.807, 2.05) is 4.57 Å². The molecule has 6 nitrogen and oxygen atoms in total. The van der Waals surface area contributed by atoms with E-state index >= 15 is 0 Å². The van der Waals surface area contributed by atoms with Crippen LogP contribution in [0.2, 0.25) is 0 Å². The smallest absolute Gasteiger partial charge is 0.320 e. The van der Waals surface area contributed by atoms with E-state index in [-0.39, 0.29) is 11.2 Å². The van der Waals surface area contributed by atoms with Gasteiger partial charge in [0, 0.05) is 14.1 Å². The first kappa shape index (κ1) is 12.9. The van der Waals surface area contributed by atoms with E-state index in [4.69, 9.17) is 0 Å². The number of hydrogen-bond acceptors (Lipinski definition) is 3. The predicted molar refractivity (Wildman–Crippen MR) is 74.3 cm³/mol. The molecule has 0 aliphatic heterocycles. The molecule has 2 aromatic heterocycles. The Morgan fingerprint density at radius 2 is 1.89 bits per heavy atom. The zero-order chi connectivity index (χ0) is 13.4. The molecule has 2 aromatic rings. The third-order valence-corrected chi connectivity index (χ3v) is 3.96. The van der Waals surface area contributed by atoms with Crippen LogP contribution in [-0.4, -0.2) is 36.9 Å². The van der Waals surface area contributed by atoms with Gasteiger partial charge in [0.25, 0.3) is 5.56 Å². The Balaban J connectivity index is 2.66. The highest BCUT2D eigenvalue weighted by Crippen LogP contribution is 2.05. The predicted octanol–water partition coefficient (Wildman–Crippen LogP) is -0.688. The Labute approximate surface area is 107 Å². The summed E-state index contributed by atoms with van der Waals surface area (Å²) in [4.78, 5) is 28.1. The first-order chi connectivity index (χ1) is 8.43. The van der Waals surface area contributed by atoms with Crippen molar-refractivity contribution in [2.45, 2.75) is 6.54 Å². The molecule has 98 valence electrons. The molecule has 0 aromatic carbocycles. The summed E-state index contributed by atoms with van der Waals surface area (Å²) < 4.78 is 4.37. The minimum Gasteiger partial charge on any atom is -0.320 e. The maximum atomic E-state index is 12.1. The summed E-state index contributed by atoms with van der Waals surface area (Å²) in [6.07, 6.45) is 5.96. The first-order valence-corrected chi connectivity index (χ1v) is 7.79. The molecule has 0 spiro atoms. The average Bonchev–Trinajstić information content (AvgIpc) is 2.75. The maximum absolute atomic E-state index is 12.1. The van der Waals surface area contributed by atoms with Crippen molar-refractivity contribution < 1.29 is 0 Å². The minimum atomic E-state index is -0.344. The Morgan fingerprint density at radius 3 is 2.50 bits per heavy atom. The SMILES string of the molecule is Cn1c(=O)c2c(ncn2CC[S+](C)C)n(C)c1=O. The van der Waals surface area contributed by atoms with Gasteiger partial charge in [-0.25, -0.2) is 9.78 Å². The summed E-state index contributed by atoms with van der Waals surface area (Å²) >= 11 is 0. The van der Waals surface area contributed by atoms with Gasteiger partial charge in [0.05, 0.1) is 25.4 Å². The third-order valence-electron chi connectivity index (χ3n) is 2.96. The Morgan fingerprint density at radius 1 is 1.22 bits per heavy atom. The second-order valence-electron chi connectivity index (χ2n) is 4.51. The Hall–Kier alpha value is -1.50. The molecule has 0 atom stereocenters. The van der Waals surface area contributed by atoms with Crippen molar-refractivity contribution in [2.75, 3.05) is 18.3 Å². The molecule has 0 bridgehead atoms. The molecule has 0 saturated heterocycles. The number of imidazole rings is 1. The fourth-order valence-electron chi connectivity index (χ4n) is 1.85. The molecular formula is C11H17N4O2S+. The summed E-state index contributed by atoms with van der Waals surface area (Å²) in [5.41, 5.74) is 0.335. The monoisotopic (exact) mass is 269 g/mol. The van der Waals surface area contributed by atoms with Gasteiger partial charge < -0.3 is 4.57 Å². The molecular weight excluding hydrogens is 252 g/mol. The van der Waals surface area contributed by atoms with Crippen molar-refractivity contribution >= 4 is 22.1 Å². The van der Waals surface area contributed by atoms with Crippen LogP contribution in [0.15, 0.2) is 15.9 Å². The Bertz CT molecular complexity index is 695. The fourth-order valence-corrected chi connectivity index (χ4v) is 2.41. The lowest BCUT2D eigenvalue weighted by atomic mass is 10.5. The van der Waals surface area contributed by atoms with E-state index in [0.29, 0.717) is 22.1 Å². The fraction of sp³-hybridized carbons (Fsp3) is 0.545. The van der Waals surface area contributed by atoms with Crippen molar-refractivity contribution in [3.05, 3.63) is 27.2 Å². The van der Waals surface area contributed by atoms with Crippen molar-refractivity contribution in [3.63, 3.8) is 0 Å². The molecule has 0 N–H and O–H groups in total. The molecule has 18 heavy (non-hydrogen) atoms. The van der Waals surface area contributed by atoms with Gasteiger partial charge in [0.2, 0.25) is 0 Å². The van der Waals surface area contributed by atoms with Crippen molar-refractivity contribution in [2.24, 2.45) is 14.1 Å². The summed E-state index contributed by atoms with van der Waals surface area (Å²) in [5, 5.41) is 0. The molecule has 0 aliphatic carbocycles. The lowest BCUT2D eigenvalue weighted by Crippen LogP contribution is -2.37. The van der Waals surface area contributed by atoms with E-state index in [0.717, 1.165) is 16.9 Å². The number of aryl methyl sites for hydroxylation is 2. The lowest BCUT2D eigenvalue weighted by molar-refractivity contribution is 0.700. The van der Waals surface area contributed by atoms with E-state index in [1.165, 1.54) is 11.6 Å². The number of fused-ring (bicyclic) bond motifs is 1. The van der Waals surface area contributed by atoms with E-state index in [9.17, 15) is 9.59 Å². The van der Waals surface area contributed by atoms with Crippen molar-refractivity contribution in [3.8, 4) is 0 Å². The minimum absolute atomic E-state index is 0.280. The normalized spacial score (nSPS) is 11.6. The number of hydrogen-bond donors (Lipinski definition) is 0. The summed E-state index contributed by atoms with van der Waals surface area (Å²) in [7, 11) is 3.43. The topological polar surface area (TPSA) is 61.8 Å². The molecule has 2 rings (SSSR count). The van der Waals surface area contributed by atoms with Crippen molar-refractivity contribution in [1.29, 1.82) is 0 Å². The van der Waals surface area contributed by atoms with Gasteiger partial charge in [-0.2, -0.15) is 0 Å². The van der Waals surface area contributed by atoms with Crippen LogP contribution in [0.5, 0.6) is 0 Å². The number of aromatic nitrogens is 4. The van der Waals surface area contributed by atoms with Gasteiger partial charge >= 0.3 is 5.69 Å². The molecule has 2 heterocycles. The Kier molecular flexibility index (Phi) is 3.34. The summed E-state index contributed by atoms with van der Waals surface area (Å²) in [6.45, 7) is 0.750. The van der Waals surface area contributed by atoms with Crippen LogP contribution in [0.25, 0.3) is 11.2 Å². The van der Waals surface area contributed by atoms with Crippen LogP contribution >= 0.6 is 0 Å². The van der Waals surface area contributed by atoms with Gasteiger partial charge in [-0.05, 0) is 10.9 Å². The largest absolute Gasteiger partial charge is 0.332 e. The maximum Gasteiger partial charge on any atom is 0.332 e. The summed E-state index contributed by atoms with van der Waals surface area (Å²) in [6, 6.07) is 0. The molecule has 0 fully saturated rings. The lowest BCUT2D eigenvalue weighted by Gasteiger charge is -2.05. The van der Waals surface area contributed by atoms with Gasteiger partial charge in [-0.3, -0.25) is 13.9 Å². The van der Waals surface area contributed by atoms with Crippen LogP contribution in [0.3, 0.4) is 0 Å². The zero-order valence-electron chi connectivity index (χ0n) is 11.0. The van der Waals surface area contributed by atoms with Crippen LogP contribution in [-0.2, 0) is 31.5 Å². The summed E-state index contributed by atoms with van der Waals surface area (Å²) in [5.74, 6) is 0.997. The zero-order valence-corrected chi connectivity index (χ0v) is 11.8. The van der Waals surface area contributed by atoms with Crippen LogP contribution < -0.4 is 11.2 Å². The highest BCUT2D eigenvalue weighted by Gasteiger charge is 2.15. The van der Waals surface area contributed by atoms with E-state index in [1.54, 1.807) is 13.4 Å². The van der Waals surface area contributed by atoms with Crippen LogP contribution in [0.4, 0.5) is 0 Å². The van der Waals surface area contributed by atoms with E-state index < -0.39 is 0 Å². The molecule has 0 saturated carbocycles. The number of nitrogens with zero attached hydrogens (tertiary/aromatic N) is 4. The van der Waals surface area contributed by atoms with Gasteiger partial charge in [0.1, 0.15) is 5.75 Å². The molecule has 0 aliphatic rings. The quantitative estimate of drug-likeness (QED) is 0.693. The van der Waals surface area contributed by atoms with Gasteiger partial charge in [0.15, 0.2) is 11.2 Å². The standard InChI is InChI=1S/C11H17N4O2S/c1-13-9-8(10(16)14(2)11(13)17)15(7-12-9)5-6-18(3)4/h7H,5-6H2,1-4H3/q+1. The second kappa shape index (κ2) is 4.64. The van der Waals surface area contributed by atoms with Crippen LogP contribution in [0.1, 0.15) is 0 Å². The van der Waals surface area contributed by atoms with Gasteiger partial charge in [-0.15, -0.1) is 0 Å². The molecule has 0 amide bonds. The highest BCUT2D eigenvalue weighted by atomic mass is 32.2. The van der Waals surface area contributed by atoms with Crippen molar-refractivity contribution in [1.82, 2.24) is 18.7 Å². The van der Waals surface area contributed by atoms with Gasteiger partial charge in [-0.1, -0.05) is 0 Å². The average molecular weight is 269 g/mol. The molecule has 7 heteroatoms. The van der Waals surface area contributed by atoms with Crippen LogP contribution in [0, 0.1) is 0 Å². The molecule has 0 unspecified atom stereocenters.